The van der Waals surface area contributed by atoms with Crippen molar-refractivity contribution < 1.29 is 27.5 Å². The number of ketones is 1. The standard InChI is InChI=1S/C18H16F3N3O4/c1-10-4-14(11(2)24(10)9-18(19,20)21)15(25)8-23-7-13(17(27)28-3)5-12(6-22)16(23)26/h4-5,7H,8-9H2,1-3H3. The zero-order valence-electron chi connectivity index (χ0n) is 15.3. The third kappa shape index (κ3) is 4.31. The summed E-state index contributed by atoms with van der Waals surface area (Å²) in [5.74, 6) is -1.43. The molecule has 0 amide bonds. The van der Waals surface area contributed by atoms with Gasteiger partial charge < -0.3 is 13.9 Å². The van der Waals surface area contributed by atoms with Crippen molar-refractivity contribution in [3.05, 3.63) is 56.8 Å². The van der Waals surface area contributed by atoms with Crippen LogP contribution in [-0.4, -0.2) is 34.2 Å². The molecule has 2 heterocycles. The summed E-state index contributed by atoms with van der Waals surface area (Å²) in [5, 5.41) is 9.05. The molecule has 2 rings (SSSR count). The number of nitriles is 1. The van der Waals surface area contributed by atoms with Crippen molar-refractivity contribution in [2.75, 3.05) is 7.11 Å². The summed E-state index contributed by atoms with van der Waals surface area (Å²) in [6.45, 7) is 1.02. The molecule has 0 aliphatic carbocycles. The molecule has 10 heteroatoms. The van der Waals surface area contributed by atoms with Gasteiger partial charge in [-0.3, -0.25) is 9.59 Å². The first-order chi connectivity index (χ1) is 13.0. The molecule has 148 valence electrons. The Morgan fingerprint density at radius 2 is 1.89 bits per heavy atom. The summed E-state index contributed by atoms with van der Waals surface area (Å²) in [5.41, 5.74) is -0.889. The van der Waals surface area contributed by atoms with Crippen molar-refractivity contribution in [3.63, 3.8) is 0 Å². The Morgan fingerprint density at radius 1 is 1.25 bits per heavy atom. The van der Waals surface area contributed by atoms with Crippen LogP contribution >= 0.6 is 0 Å². The summed E-state index contributed by atoms with van der Waals surface area (Å²) in [7, 11) is 1.12. The number of aromatic nitrogens is 2. The molecule has 0 saturated heterocycles. The van der Waals surface area contributed by atoms with Gasteiger partial charge in [0, 0.05) is 23.1 Å². The Morgan fingerprint density at radius 3 is 2.43 bits per heavy atom. The molecule has 7 nitrogen and oxygen atoms in total. The number of hydrogen-bond donors (Lipinski definition) is 0. The molecule has 0 fully saturated rings. The van der Waals surface area contributed by atoms with E-state index in [0.29, 0.717) is 0 Å². The van der Waals surface area contributed by atoms with E-state index in [-0.39, 0.29) is 28.1 Å². The fourth-order valence-electron chi connectivity index (χ4n) is 2.81. The van der Waals surface area contributed by atoms with Gasteiger partial charge in [-0.1, -0.05) is 0 Å². The minimum atomic E-state index is -4.46. The highest BCUT2D eigenvalue weighted by atomic mass is 19.4. The van der Waals surface area contributed by atoms with Crippen LogP contribution in [0.5, 0.6) is 0 Å². The molecule has 0 saturated carbocycles. The monoisotopic (exact) mass is 395 g/mol. The maximum atomic E-state index is 12.7. The van der Waals surface area contributed by atoms with E-state index in [1.807, 2.05) is 0 Å². The van der Waals surface area contributed by atoms with Gasteiger partial charge in [-0.15, -0.1) is 0 Å². The number of rotatable bonds is 5. The third-order valence-electron chi connectivity index (χ3n) is 4.15. The number of hydrogen-bond acceptors (Lipinski definition) is 5. The van der Waals surface area contributed by atoms with E-state index in [4.69, 9.17) is 5.26 Å². The van der Waals surface area contributed by atoms with E-state index in [0.717, 1.165) is 28.5 Å². The number of ether oxygens (including phenoxy) is 1. The zero-order valence-corrected chi connectivity index (χ0v) is 15.3. The summed E-state index contributed by atoms with van der Waals surface area (Å²) in [6.07, 6.45) is -3.38. The molecule has 2 aromatic rings. The van der Waals surface area contributed by atoms with Crippen LogP contribution in [0.3, 0.4) is 0 Å². The number of carbonyl (C=O) groups is 2. The molecule has 0 atom stereocenters. The molecule has 0 aliphatic heterocycles. The third-order valence-corrected chi connectivity index (χ3v) is 4.15. The average molecular weight is 395 g/mol. The number of carbonyl (C=O) groups excluding carboxylic acids is 2. The Bertz CT molecular complexity index is 1040. The highest BCUT2D eigenvalue weighted by molar-refractivity contribution is 5.97. The first-order valence-electron chi connectivity index (χ1n) is 7.98. The number of nitrogens with zero attached hydrogens (tertiary/aromatic N) is 3. The maximum absolute atomic E-state index is 12.7. The zero-order chi connectivity index (χ0) is 21.2. The van der Waals surface area contributed by atoms with E-state index in [1.165, 1.54) is 19.9 Å². The van der Waals surface area contributed by atoms with Gasteiger partial charge in [0.1, 0.15) is 18.2 Å². The van der Waals surface area contributed by atoms with Gasteiger partial charge in [0.05, 0.1) is 19.2 Å². The lowest BCUT2D eigenvalue weighted by Crippen LogP contribution is -2.27. The Labute approximate surface area is 157 Å². The number of aryl methyl sites for hydroxylation is 1. The molecule has 0 unspecified atom stereocenters. The van der Waals surface area contributed by atoms with Crippen molar-refractivity contribution in [1.29, 1.82) is 5.26 Å². The van der Waals surface area contributed by atoms with Crippen molar-refractivity contribution in [2.45, 2.75) is 33.1 Å². The first-order valence-corrected chi connectivity index (χ1v) is 7.98. The summed E-state index contributed by atoms with van der Waals surface area (Å²) in [6, 6.07) is 3.99. The number of Topliss-reactive ketones (excluding diaryl/α,β-unsaturated/α-hetero) is 1. The minimum Gasteiger partial charge on any atom is -0.465 e. The van der Waals surface area contributed by atoms with Crippen molar-refractivity contribution >= 4 is 11.8 Å². The predicted octanol–water partition coefficient (Wildman–Crippen LogP) is 2.37. The SMILES string of the molecule is COC(=O)c1cc(C#N)c(=O)n(CC(=O)c2cc(C)n(CC(F)(F)F)c2C)c1. The second kappa shape index (κ2) is 7.72. The molecule has 0 bridgehead atoms. The fraction of sp³-hybridized carbons (Fsp3) is 0.333. The van der Waals surface area contributed by atoms with E-state index in [2.05, 4.69) is 4.74 Å². The molecular weight excluding hydrogens is 379 g/mol. The average Bonchev–Trinajstić information content (AvgIpc) is 2.89. The molecule has 0 spiro atoms. The van der Waals surface area contributed by atoms with Crippen molar-refractivity contribution in [1.82, 2.24) is 9.13 Å². The molecular formula is C18H16F3N3O4. The molecule has 28 heavy (non-hydrogen) atoms. The summed E-state index contributed by atoms with van der Waals surface area (Å²) >= 11 is 0. The van der Waals surface area contributed by atoms with E-state index >= 15 is 0 Å². The molecule has 2 aromatic heterocycles. The highest BCUT2D eigenvalue weighted by Gasteiger charge is 2.30. The molecule has 0 aromatic carbocycles. The lowest BCUT2D eigenvalue weighted by Gasteiger charge is -2.12. The summed E-state index contributed by atoms with van der Waals surface area (Å²) in [4.78, 5) is 36.6. The largest absolute Gasteiger partial charge is 0.465 e. The maximum Gasteiger partial charge on any atom is 0.406 e. The number of halogens is 3. The molecule has 0 radical (unpaired) electrons. The van der Waals surface area contributed by atoms with E-state index in [1.54, 1.807) is 6.07 Å². The normalized spacial score (nSPS) is 11.2. The predicted molar refractivity (Wildman–Crippen MR) is 91.0 cm³/mol. The van der Waals surface area contributed by atoms with Crippen LogP contribution < -0.4 is 5.56 Å². The summed E-state index contributed by atoms with van der Waals surface area (Å²) < 4.78 is 44.5. The van der Waals surface area contributed by atoms with Crippen LogP contribution in [0.4, 0.5) is 13.2 Å². The molecule has 0 N–H and O–H groups in total. The Balaban J connectivity index is 2.44. The Kier molecular flexibility index (Phi) is 5.78. The second-order valence-electron chi connectivity index (χ2n) is 6.09. The van der Waals surface area contributed by atoms with Gasteiger partial charge in [-0.25, -0.2) is 4.79 Å². The van der Waals surface area contributed by atoms with Crippen LogP contribution in [0.15, 0.2) is 23.1 Å². The van der Waals surface area contributed by atoms with Gasteiger partial charge in [0.25, 0.3) is 5.56 Å². The van der Waals surface area contributed by atoms with Crippen LogP contribution in [0.2, 0.25) is 0 Å². The van der Waals surface area contributed by atoms with Crippen molar-refractivity contribution in [2.24, 2.45) is 0 Å². The van der Waals surface area contributed by atoms with Crippen LogP contribution in [-0.2, 0) is 17.8 Å². The number of esters is 1. The lowest BCUT2D eigenvalue weighted by atomic mass is 10.1. The van der Waals surface area contributed by atoms with Gasteiger partial charge in [0.2, 0.25) is 0 Å². The number of pyridine rings is 1. The Hall–Kier alpha value is -3.35. The highest BCUT2D eigenvalue weighted by Crippen LogP contribution is 2.23. The van der Waals surface area contributed by atoms with Gasteiger partial charge in [-0.05, 0) is 26.0 Å². The van der Waals surface area contributed by atoms with Crippen molar-refractivity contribution in [3.8, 4) is 6.07 Å². The first kappa shape index (κ1) is 21.0. The topological polar surface area (TPSA) is 94.1 Å². The van der Waals surface area contributed by atoms with E-state index in [9.17, 15) is 27.6 Å². The fourth-order valence-corrected chi connectivity index (χ4v) is 2.81. The lowest BCUT2D eigenvalue weighted by molar-refractivity contribution is -0.141. The van der Waals surface area contributed by atoms with Gasteiger partial charge in [-0.2, -0.15) is 18.4 Å². The van der Waals surface area contributed by atoms with Crippen LogP contribution in [0, 0.1) is 25.2 Å². The van der Waals surface area contributed by atoms with Crippen LogP contribution in [0.1, 0.15) is 37.7 Å². The van der Waals surface area contributed by atoms with E-state index < -0.39 is 36.6 Å². The van der Waals surface area contributed by atoms with Gasteiger partial charge in [0.15, 0.2) is 5.78 Å². The smallest absolute Gasteiger partial charge is 0.406 e. The molecule has 0 aliphatic rings. The van der Waals surface area contributed by atoms with Crippen LogP contribution in [0.25, 0.3) is 0 Å². The number of methoxy groups -OCH3 is 1. The number of alkyl halides is 3. The minimum absolute atomic E-state index is 0.0237. The van der Waals surface area contributed by atoms with Gasteiger partial charge >= 0.3 is 12.1 Å². The second-order valence-corrected chi connectivity index (χ2v) is 6.09. The quantitative estimate of drug-likeness (QED) is 0.572.